The topological polar surface area (TPSA) is 40.5 Å². The van der Waals surface area contributed by atoms with Gasteiger partial charge in [0.05, 0.1) is 0 Å². The Kier molecular flexibility index (Phi) is 11.5. The maximum Gasteiger partial charge on any atom is 0.0438 e. The van der Waals surface area contributed by atoms with Gasteiger partial charge < -0.3 is 10.2 Å². The number of hydrogen-bond donors (Lipinski definition) is 2. The third-order valence-electron chi connectivity index (χ3n) is 1.64. The second kappa shape index (κ2) is 11.3. The fourth-order valence-electron chi connectivity index (χ4n) is 0.938. The average Bonchev–Trinajstić information content (AvgIpc) is 2.10. The highest BCUT2D eigenvalue weighted by molar-refractivity contribution is 7.99. The maximum atomic E-state index is 8.51. The normalized spacial score (nSPS) is 10.5. The summed E-state index contributed by atoms with van der Waals surface area (Å²) >= 11 is 1.91. The van der Waals surface area contributed by atoms with Crippen LogP contribution < -0.4 is 0 Å². The van der Waals surface area contributed by atoms with E-state index in [-0.39, 0.29) is 0 Å². The van der Waals surface area contributed by atoms with Crippen molar-refractivity contribution in [2.75, 3.05) is 24.7 Å². The predicted molar refractivity (Wildman–Crippen MR) is 54.6 cm³/mol. The molecule has 12 heavy (non-hydrogen) atoms. The summed E-state index contributed by atoms with van der Waals surface area (Å²) in [7, 11) is 0. The summed E-state index contributed by atoms with van der Waals surface area (Å²) in [6.45, 7) is 0.648. The zero-order chi connectivity index (χ0) is 9.07. The Morgan fingerprint density at radius 1 is 0.667 bits per heavy atom. The Labute approximate surface area is 79.4 Å². The Morgan fingerprint density at radius 3 is 1.92 bits per heavy atom. The molecule has 74 valence electrons. The van der Waals surface area contributed by atoms with Gasteiger partial charge in [-0.1, -0.05) is 12.8 Å². The smallest absolute Gasteiger partial charge is 0.0438 e. The molecule has 0 atom stereocenters. The molecule has 2 N–H and O–H groups in total. The summed E-state index contributed by atoms with van der Waals surface area (Å²) in [6, 6.07) is 0. The molecule has 0 aromatic heterocycles. The SMILES string of the molecule is OCCCCCCSCCCO. The summed E-state index contributed by atoms with van der Waals surface area (Å²) in [4.78, 5) is 0. The van der Waals surface area contributed by atoms with Gasteiger partial charge in [-0.3, -0.25) is 0 Å². The molecule has 0 saturated carbocycles. The lowest BCUT2D eigenvalue weighted by Crippen LogP contribution is -1.89. The minimum Gasteiger partial charge on any atom is -0.396 e. The Balaban J connectivity index is 2.73. The second-order valence-electron chi connectivity index (χ2n) is 2.83. The van der Waals surface area contributed by atoms with Crippen LogP contribution in [0.15, 0.2) is 0 Å². The van der Waals surface area contributed by atoms with Gasteiger partial charge in [-0.15, -0.1) is 0 Å². The first-order valence-electron chi connectivity index (χ1n) is 4.71. The van der Waals surface area contributed by atoms with Crippen molar-refractivity contribution < 1.29 is 10.2 Å². The van der Waals surface area contributed by atoms with Gasteiger partial charge in [0.15, 0.2) is 0 Å². The van der Waals surface area contributed by atoms with Gasteiger partial charge in [0.2, 0.25) is 0 Å². The van der Waals surface area contributed by atoms with E-state index in [1.54, 1.807) is 0 Å². The van der Waals surface area contributed by atoms with Crippen molar-refractivity contribution in [1.82, 2.24) is 0 Å². The first-order chi connectivity index (χ1) is 5.91. The Bertz CT molecular complexity index is 68.9. The summed E-state index contributed by atoms with van der Waals surface area (Å²) in [6.07, 6.45) is 5.49. The quantitative estimate of drug-likeness (QED) is 0.546. The molecular weight excluding hydrogens is 172 g/mol. The van der Waals surface area contributed by atoms with Crippen LogP contribution in [-0.4, -0.2) is 34.9 Å². The van der Waals surface area contributed by atoms with E-state index in [1.807, 2.05) is 11.8 Å². The van der Waals surface area contributed by atoms with E-state index in [0.717, 1.165) is 25.0 Å². The highest BCUT2D eigenvalue weighted by Gasteiger charge is 1.90. The van der Waals surface area contributed by atoms with Crippen LogP contribution in [0.3, 0.4) is 0 Å². The largest absolute Gasteiger partial charge is 0.396 e. The van der Waals surface area contributed by atoms with Crippen molar-refractivity contribution in [3.8, 4) is 0 Å². The van der Waals surface area contributed by atoms with E-state index in [0.29, 0.717) is 13.2 Å². The fraction of sp³-hybridized carbons (Fsp3) is 1.00. The Morgan fingerprint density at radius 2 is 1.25 bits per heavy atom. The van der Waals surface area contributed by atoms with Crippen molar-refractivity contribution in [2.24, 2.45) is 0 Å². The van der Waals surface area contributed by atoms with Gasteiger partial charge in [-0.25, -0.2) is 0 Å². The van der Waals surface area contributed by atoms with Gasteiger partial charge in [0, 0.05) is 13.2 Å². The molecule has 0 amide bonds. The van der Waals surface area contributed by atoms with Gasteiger partial charge in [-0.05, 0) is 30.8 Å². The number of rotatable bonds is 9. The fourth-order valence-corrected chi connectivity index (χ4v) is 1.88. The second-order valence-corrected chi connectivity index (χ2v) is 4.05. The van der Waals surface area contributed by atoms with E-state index in [1.165, 1.54) is 18.6 Å². The van der Waals surface area contributed by atoms with Crippen LogP contribution in [0.4, 0.5) is 0 Å². The lowest BCUT2D eigenvalue weighted by molar-refractivity contribution is 0.283. The van der Waals surface area contributed by atoms with Crippen molar-refractivity contribution in [3.05, 3.63) is 0 Å². The van der Waals surface area contributed by atoms with Gasteiger partial charge >= 0.3 is 0 Å². The number of aliphatic hydroxyl groups is 2. The van der Waals surface area contributed by atoms with Crippen LogP contribution in [0.1, 0.15) is 32.1 Å². The maximum absolute atomic E-state index is 8.51. The molecular formula is C9H20O2S. The molecule has 0 unspecified atom stereocenters. The molecule has 0 aliphatic rings. The van der Waals surface area contributed by atoms with E-state index in [2.05, 4.69) is 0 Å². The first kappa shape index (κ1) is 12.3. The van der Waals surface area contributed by atoms with E-state index < -0.39 is 0 Å². The highest BCUT2D eigenvalue weighted by Crippen LogP contribution is 2.08. The summed E-state index contributed by atoms with van der Waals surface area (Å²) in [5, 5.41) is 17.0. The number of unbranched alkanes of at least 4 members (excludes halogenated alkanes) is 3. The molecule has 0 saturated heterocycles. The summed E-state index contributed by atoms with van der Waals surface area (Å²) in [5.74, 6) is 2.28. The van der Waals surface area contributed by atoms with Crippen LogP contribution in [0.2, 0.25) is 0 Å². The molecule has 0 bridgehead atoms. The number of hydrogen-bond acceptors (Lipinski definition) is 3. The molecule has 3 heteroatoms. The third-order valence-corrected chi connectivity index (χ3v) is 2.80. The van der Waals surface area contributed by atoms with E-state index >= 15 is 0 Å². The summed E-state index contributed by atoms with van der Waals surface area (Å²) < 4.78 is 0. The monoisotopic (exact) mass is 192 g/mol. The van der Waals surface area contributed by atoms with Crippen LogP contribution >= 0.6 is 11.8 Å². The predicted octanol–water partition coefficient (Wildman–Crippen LogP) is 1.65. The molecule has 0 spiro atoms. The molecule has 0 aliphatic carbocycles. The summed E-state index contributed by atoms with van der Waals surface area (Å²) in [5.41, 5.74) is 0. The molecule has 0 aromatic carbocycles. The molecule has 0 fully saturated rings. The minimum atomic E-state index is 0.317. The molecule has 0 heterocycles. The van der Waals surface area contributed by atoms with E-state index in [4.69, 9.17) is 10.2 Å². The zero-order valence-electron chi connectivity index (χ0n) is 7.67. The van der Waals surface area contributed by atoms with Crippen molar-refractivity contribution in [1.29, 1.82) is 0 Å². The van der Waals surface area contributed by atoms with Crippen molar-refractivity contribution in [2.45, 2.75) is 32.1 Å². The molecule has 0 aromatic rings. The van der Waals surface area contributed by atoms with Crippen LogP contribution in [0.25, 0.3) is 0 Å². The lowest BCUT2D eigenvalue weighted by Gasteiger charge is -1.99. The van der Waals surface area contributed by atoms with Gasteiger partial charge in [0.25, 0.3) is 0 Å². The standard InChI is InChI=1S/C9H20O2S/c10-6-3-1-2-4-8-12-9-5-7-11/h10-11H,1-9H2. The van der Waals surface area contributed by atoms with Crippen LogP contribution in [-0.2, 0) is 0 Å². The van der Waals surface area contributed by atoms with Crippen LogP contribution in [0.5, 0.6) is 0 Å². The first-order valence-corrected chi connectivity index (χ1v) is 5.86. The average molecular weight is 192 g/mol. The number of thioether (sulfide) groups is 1. The van der Waals surface area contributed by atoms with Gasteiger partial charge in [0.1, 0.15) is 0 Å². The van der Waals surface area contributed by atoms with Crippen LogP contribution in [0, 0.1) is 0 Å². The molecule has 0 rings (SSSR count). The third kappa shape index (κ3) is 10.3. The number of aliphatic hydroxyl groups excluding tert-OH is 2. The highest BCUT2D eigenvalue weighted by atomic mass is 32.2. The van der Waals surface area contributed by atoms with Crippen molar-refractivity contribution >= 4 is 11.8 Å². The van der Waals surface area contributed by atoms with Gasteiger partial charge in [-0.2, -0.15) is 11.8 Å². The van der Waals surface area contributed by atoms with Crippen molar-refractivity contribution in [3.63, 3.8) is 0 Å². The lowest BCUT2D eigenvalue weighted by atomic mass is 10.2. The zero-order valence-corrected chi connectivity index (χ0v) is 8.48. The minimum absolute atomic E-state index is 0.317. The van der Waals surface area contributed by atoms with E-state index in [9.17, 15) is 0 Å². The molecule has 2 nitrogen and oxygen atoms in total. The molecule has 0 aliphatic heterocycles. The Hall–Kier alpha value is 0.270. The molecule has 0 radical (unpaired) electrons.